The summed E-state index contributed by atoms with van der Waals surface area (Å²) in [4.78, 5) is 27.0. The molecule has 0 N–H and O–H groups in total. The van der Waals surface area contributed by atoms with Crippen molar-refractivity contribution in [2.75, 3.05) is 0 Å². The third-order valence-electron chi connectivity index (χ3n) is 4.78. The zero-order chi connectivity index (χ0) is 22.8. The summed E-state index contributed by atoms with van der Waals surface area (Å²) in [7, 11) is -0.521. The molecule has 0 amide bonds. The van der Waals surface area contributed by atoms with E-state index in [0.717, 1.165) is 23.1 Å². The lowest BCUT2D eigenvalue weighted by Gasteiger charge is -2.33. The molecule has 29 heavy (non-hydrogen) atoms. The molecular formula is C24H37O4P. The first-order valence-electron chi connectivity index (χ1n) is 10.2. The number of rotatable bonds is 7. The van der Waals surface area contributed by atoms with Crippen LogP contribution in [0, 0.1) is 32.1 Å². The maximum Gasteiger partial charge on any atom is 0.332 e. The van der Waals surface area contributed by atoms with Crippen LogP contribution >= 0.6 is 8.46 Å². The summed E-state index contributed by atoms with van der Waals surface area (Å²) in [6.45, 7) is 19.3. The highest BCUT2D eigenvalue weighted by Gasteiger charge is 2.51. The van der Waals surface area contributed by atoms with Crippen LogP contribution in [-0.4, -0.2) is 22.5 Å². The van der Waals surface area contributed by atoms with Crippen LogP contribution in [0.25, 0.3) is 0 Å². The maximum absolute atomic E-state index is 13.8. The van der Waals surface area contributed by atoms with Gasteiger partial charge >= 0.3 is 5.97 Å². The molecule has 0 aromatic heterocycles. The van der Waals surface area contributed by atoms with Gasteiger partial charge in [0.2, 0.25) is 5.16 Å². The topological polar surface area (TPSA) is 60.4 Å². The molecule has 0 saturated heterocycles. The van der Waals surface area contributed by atoms with E-state index in [0.29, 0.717) is 5.56 Å². The second kappa shape index (κ2) is 9.08. The molecular weight excluding hydrogens is 383 g/mol. The minimum atomic E-state index is -1.75. The Balaban J connectivity index is 3.55. The van der Waals surface area contributed by atoms with Gasteiger partial charge < -0.3 is 4.74 Å². The first kappa shape index (κ1) is 25.5. The second-order valence-corrected chi connectivity index (χ2v) is 11.6. The number of ether oxygens (including phenoxy) is 1. The Kier molecular flexibility index (Phi) is 7.98. The summed E-state index contributed by atoms with van der Waals surface area (Å²) >= 11 is 0. The predicted octanol–water partition coefficient (Wildman–Crippen LogP) is 6.63. The molecule has 0 aliphatic heterocycles. The SMILES string of the molecule is Cc1cc(C)c(C(=O)C(CC(C)CC(C)(C)C)(P=O)C(=O)OC(C)(C)C)c(C)c1. The molecule has 0 spiro atoms. The largest absolute Gasteiger partial charge is 0.459 e. The lowest BCUT2D eigenvalue weighted by Crippen LogP contribution is -2.47. The molecule has 1 rings (SSSR count). The van der Waals surface area contributed by atoms with Crippen molar-refractivity contribution in [1.29, 1.82) is 0 Å². The summed E-state index contributed by atoms with van der Waals surface area (Å²) in [6, 6.07) is 3.83. The van der Waals surface area contributed by atoms with Crippen molar-refractivity contribution in [3.63, 3.8) is 0 Å². The molecule has 0 aliphatic rings. The zero-order valence-corrected chi connectivity index (χ0v) is 20.6. The molecule has 0 radical (unpaired) electrons. The van der Waals surface area contributed by atoms with Crippen molar-refractivity contribution >= 4 is 20.2 Å². The third-order valence-corrected chi connectivity index (χ3v) is 5.66. The van der Waals surface area contributed by atoms with Gasteiger partial charge in [-0.1, -0.05) is 45.4 Å². The first-order chi connectivity index (χ1) is 13.0. The number of carbonyl (C=O) groups is 2. The number of hydrogen-bond acceptors (Lipinski definition) is 4. The normalized spacial score (nSPS) is 15.7. The Labute approximate surface area is 178 Å². The number of esters is 1. The fourth-order valence-electron chi connectivity index (χ4n) is 4.11. The number of ketones is 1. The van der Waals surface area contributed by atoms with Gasteiger partial charge in [0, 0.05) is 5.56 Å². The second-order valence-electron chi connectivity index (χ2n) is 10.6. The zero-order valence-electron chi connectivity index (χ0n) is 19.7. The van der Waals surface area contributed by atoms with E-state index >= 15 is 0 Å². The summed E-state index contributed by atoms with van der Waals surface area (Å²) in [5.74, 6) is -1.12. The predicted molar refractivity (Wildman–Crippen MR) is 119 cm³/mol. The van der Waals surface area contributed by atoms with Crippen LogP contribution in [0.3, 0.4) is 0 Å². The third kappa shape index (κ3) is 6.74. The minimum Gasteiger partial charge on any atom is -0.459 e. The molecule has 2 atom stereocenters. The highest BCUT2D eigenvalue weighted by Crippen LogP contribution is 2.41. The molecule has 1 aromatic rings. The Morgan fingerprint density at radius 3 is 1.83 bits per heavy atom. The van der Waals surface area contributed by atoms with E-state index in [-0.39, 0.29) is 17.8 Å². The molecule has 5 heteroatoms. The summed E-state index contributed by atoms with van der Waals surface area (Å²) in [6.07, 6.45) is 0.974. The fourth-order valence-corrected chi connectivity index (χ4v) is 4.82. The van der Waals surface area contributed by atoms with E-state index in [1.54, 1.807) is 20.8 Å². The lowest BCUT2D eigenvalue weighted by atomic mass is 9.78. The van der Waals surface area contributed by atoms with Crippen LogP contribution in [0.5, 0.6) is 0 Å². The molecule has 0 saturated carbocycles. The van der Waals surface area contributed by atoms with Crippen molar-refractivity contribution < 1.29 is 18.9 Å². The monoisotopic (exact) mass is 420 g/mol. The van der Waals surface area contributed by atoms with Crippen LogP contribution in [0.2, 0.25) is 0 Å². The van der Waals surface area contributed by atoms with Gasteiger partial charge in [0.25, 0.3) is 0 Å². The highest BCUT2D eigenvalue weighted by atomic mass is 31.1. The number of hydrogen-bond donors (Lipinski definition) is 0. The molecule has 0 fully saturated rings. The van der Waals surface area contributed by atoms with E-state index in [2.05, 4.69) is 20.8 Å². The van der Waals surface area contributed by atoms with E-state index < -0.39 is 31.0 Å². The Bertz CT molecular complexity index is 760. The summed E-state index contributed by atoms with van der Waals surface area (Å²) in [5, 5.41) is -1.75. The Morgan fingerprint density at radius 2 is 1.45 bits per heavy atom. The molecule has 0 aliphatic carbocycles. The molecule has 4 nitrogen and oxygen atoms in total. The Morgan fingerprint density at radius 1 is 0.966 bits per heavy atom. The number of aryl methyl sites for hydroxylation is 3. The van der Waals surface area contributed by atoms with Crippen molar-refractivity contribution in [2.24, 2.45) is 11.3 Å². The van der Waals surface area contributed by atoms with E-state index in [1.807, 2.05) is 39.8 Å². The van der Waals surface area contributed by atoms with Crippen LogP contribution < -0.4 is 0 Å². The van der Waals surface area contributed by atoms with Gasteiger partial charge in [-0.3, -0.25) is 14.2 Å². The van der Waals surface area contributed by atoms with Crippen LogP contribution in [0.4, 0.5) is 0 Å². The molecule has 0 heterocycles. The smallest absolute Gasteiger partial charge is 0.332 e. The van der Waals surface area contributed by atoms with E-state index in [9.17, 15) is 14.2 Å². The molecule has 162 valence electrons. The number of carbonyl (C=O) groups excluding carboxylic acids is 2. The number of Topliss-reactive ketones (excluding diaryl/α,β-unsaturated/α-hetero) is 1. The average Bonchev–Trinajstić information content (AvgIpc) is 2.47. The quantitative estimate of drug-likeness (QED) is 0.215. The molecule has 2 unspecified atom stereocenters. The molecule has 0 bridgehead atoms. The summed E-state index contributed by atoms with van der Waals surface area (Å²) < 4.78 is 18.1. The van der Waals surface area contributed by atoms with Gasteiger partial charge in [0.1, 0.15) is 5.60 Å². The van der Waals surface area contributed by atoms with Crippen molar-refractivity contribution in [2.45, 2.75) is 92.8 Å². The van der Waals surface area contributed by atoms with E-state index in [1.165, 1.54) is 0 Å². The van der Waals surface area contributed by atoms with Gasteiger partial charge in [0.05, 0.1) is 0 Å². The van der Waals surface area contributed by atoms with E-state index in [4.69, 9.17) is 4.74 Å². The lowest BCUT2D eigenvalue weighted by molar-refractivity contribution is -0.157. The van der Waals surface area contributed by atoms with Gasteiger partial charge in [-0.15, -0.1) is 0 Å². The van der Waals surface area contributed by atoms with Crippen LogP contribution in [-0.2, 0) is 14.1 Å². The highest BCUT2D eigenvalue weighted by molar-refractivity contribution is 7.30. The number of benzene rings is 1. The van der Waals surface area contributed by atoms with Crippen molar-refractivity contribution in [3.05, 3.63) is 34.4 Å². The standard InChI is InChI=1S/C24H37O4P/c1-15-11-17(3)19(18(4)12-15)20(25)24(29-27,21(26)28-23(8,9)10)14-16(2)13-22(5,6)7/h11-12,16H,13-14H2,1-10H3. The van der Waals surface area contributed by atoms with Crippen molar-refractivity contribution in [3.8, 4) is 0 Å². The average molecular weight is 421 g/mol. The minimum absolute atomic E-state index is 0.0129. The molecule has 1 aromatic carbocycles. The van der Waals surface area contributed by atoms with Crippen molar-refractivity contribution in [1.82, 2.24) is 0 Å². The van der Waals surface area contributed by atoms with Crippen LogP contribution in [0.1, 0.15) is 88.4 Å². The van der Waals surface area contributed by atoms with Gasteiger partial charge in [-0.05, 0) is 76.8 Å². The summed E-state index contributed by atoms with van der Waals surface area (Å²) in [5.41, 5.74) is 2.32. The van der Waals surface area contributed by atoms with Gasteiger partial charge in [-0.2, -0.15) is 0 Å². The maximum atomic E-state index is 13.8. The van der Waals surface area contributed by atoms with Crippen LogP contribution in [0.15, 0.2) is 12.1 Å². The fraction of sp³-hybridized carbons (Fsp3) is 0.667. The first-order valence-corrected chi connectivity index (χ1v) is 11.0. The van der Waals surface area contributed by atoms with Gasteiger partial charge in [-0.25, -0.2) is 0 Å². The Hall–Kier alpha value is -1.54. The van der Waals surface area contributed by atoms with Gasteiger partial charge in [0.15, 0.2) is 14.2 Å².